The Kier molecular flexibility index (Phi) is 2.44. The summed E-state index contributed by atoms with van der Waals surface area (Å²) < 4.78 is 2.28. The van der Waals surface area contributed by atoms with E-state index in [0.717, 1.165) is 25.1 Å². The van der Waals surface area contributed by atoms with Crippen LogP contribution in [0.1, 0.15) is 37.7 Å². The van der Waals surface area contributed by atoms with Crippen LogP contribution in [0.25, 0.3) is 5.52 Å². The van der Waals surface area contributed by atoms with Crippen LogP contribution in [0.4, 0.5) is 0 Å². The van der Waals surface area contributed by atoms with Crippen molar-refractivity contribution >= 4 is 5.52 Å². The Balaban J connectivity index is 1.93. The molecule has 1 aliphatic carbocycles. The summed E-state index contributed by atoms with van der Waals surface area (Å²) in [6.07, 6.45) is 7.45. The van der Waals surface area contributed by atoms with Gasteiger partial charge in [0.15, 0.2) is 0 Å². The summed E-state index contributed by atoms with van der Waals surface area (Å²) in [5.41, 5.74) is 8.83. The molecule has 0 spiro atoms. The number of imidazole rings is 1. The Bertz CT molecular complexity index is 537. The van der Waals surface area contributed by atoms with E-state index in [4.69, 9.17) is 5.73 Å². The maximum Gasteiger partial charge on any atom is 0.113 e. The van der Waals surface area contributed by atoms with E-state index < -0.39 is 0 Å². The summed E-state index contributed by atoms with van der Waals surface area (Å²) in [6.45, 7) is 2.15. The number of rotatable bonds is 4. The van der Waals surface area contributed by atoms with Gasteiger partial charge in [-0.15, -0.1) is 0 Å². The molecule has 0 radical (unpaired) electrons. The minimum atomic E-state index is 0.134. The highest BCUT2D eigenvalue weighted by Gasteiger charge is 2.37. The first-order valence-electron chi connectivity index (χ1n) is 6.45. The van der Waals surface area contributed by atoms with E-state index >= 15 is 0 Å². The molecular weight excluding hydrogens is 210 g/mol. The highest BCUT2D eigenvalue weighted by molar-refractivity contribution is 5.47. The molecule has 0 unspecified atom stereocenters. The van der Waals surface area contributed by atoms with Crippen molar-refractivity contribution in [2.24, 2.45) is 5.73 Å². The number of aryl methyl sites for hydroxylation is 2. The predicted molar refractivity (Wildman–Crippen MR) is 69.0 cm³/mol. The van der Waals surface area contributed by atoms with Crippen LogP contribution in [0.15, 0.2) is 24.4 Å². The Morgan fingerprint density at radius 1 is 1.41 bits per heavy atom. The predicted octanol–water partition coefficient (Wildman–Crippen LogP) is 2.32. The van der Waals surface area contributed by atoms with Crippen LogP contribution in [0.3, 0.4) is 0 Å². The second-order valence-corrected chi connectivity index (χ2v) is 5.17. The van der Waals surface area contributed by atoms with E-state index in [-0.39, 0.29) is 5.54 Å². The summed E-state index contributed by atoms with van der Waals surface area (Å²) in [4.78, 5) is 4.47. The van der Waals surface area contributed by atoms with Gasteiger partial charge >= 0.3 is 0 Å². The molecule has 0 aliphatic heterocycles. The van der Waals surface area contributed by atoms with Gasteiger partial charge in [-0.25, -0.2) is 4.98 Å². The summed E-state index contributed by atoms with van der Waals surface area (Å²) in [7, 11) is 0. The quantitative estimate of drug-likeness (QED) is 0.874. The molecule has 0 aromatic carbocycles. The number of aromatic nitrogens is 2. The van der Waals surface area contributed by atoms with Gasteiger partial charge in [-0.05, 0) is 37.8 Å². The lowest BCUT2D eigenvalue weighted by atomic mass is 10.1. The Hall–Kier alpha value is -1.35. The molecule has 3 rings (SSSR count). The van der Waals surface area contributed by atoms with Crippen molar-refractivity contribution in [3.8, 4) is 0 Å². The van der Waals surface area contributed by atoms with E-state index in [9.17, 15) is 0 Å². The van der Waals surface area contributed by atoms with E-state index in [1.165, 1.54) is 24.1 Å². The van der Waals surface area contributed by atoms with Crippen LogP contribution in [0.2, 0.25) is 0 Å². The molecule has 1 saturated carbocycles. The SMILES string of the molecule is CCc1ncc2cccc(CCC3(N)CC3)n12. The third-order valence-electron chi connectivity index (χ3n) is 3.79. The largest absolute Gasteiger partial charge is 0.325 e. The number of nitrogens with two attached hydrogens (primary N) is 1. The number of hydrogen-bond donors (Lipinski definition) is 1. The van der Waals surface area contributed by atoms with Gasteiger partial charge in [0.2, 0.25) is 0 Å². The van der Waals surface area contributed by atoms with Gasteiger partial charge < -0.3 is 10.1 Å². The minimum absolute atomic E-state index is 0.134. The molecule has 2 N–H and O–H groups in total. The maximum absolute atomic E-state index is 6.16. The fourth-order valence-corrected chi connectivity index (χ4v) is 2.42. The number of hydrogen-bond acceptors (Lipinski definition) is 2. The fraction of sp³-hybridized carbons (Fsp3) is 0.500. The third-order valence-corrected chi connectivity index (χ3v) is 3.79. The van der Waals surface area contributed by atoms with Crippen molar-refractivity contribution in [1.82, 2.24) is 9.38 Å². The lowest BCUT2D eigenvalue weighted by Gasteiger charge is -2.11. The summed E-state index contributed by atoms with van der Waals surface area (Å²) in [5.74, 6) is 1.15. The molecular formula is C14H19N3. The first-order valence-corrected chi connectivity index (χ1v) is 6.45. The molecule has 3 heteroatoms. The Morgan fingerprint density at radius 2 is 2.24 bits per heavy atom. The third kappa shape index (κ3) is 1.95. The molecule has 2 heterocycles. The molecule has 0 bridgehead atoms. The molecule has 1 aliphatic rings. The standard InChI is InChI=1S/C14H19N3/c1-2-13-16-10-12-5-3-4-11(17(12)13)6-7-14(15)8-9-14/h3-5,10H,2,6-9,15H2,1H3. The van der Waals surface area contributed by atoms with Gasteiger partial charge in [0, 0.05) is 17.7 Å². The highest BCUT2D eigenvalue weighted by atomic mass is 15.0. The van der Waals surface area contributed by atoms with Crippen LogP contribution in [-0.4, -0.2) is 14.9 Å². The molecule has 2 aromatic rings. The molecule has 2 aromatic heterocycles. The topological polar surface area (TPSA) is 43.3 Å². The Morgan fingerprint density at radius 3 is 2.94 bits per heavy atom. The fourth-order valence-electron chi connectivity index (χ4n) is 2.42. The number of nitrogens with zero attached hydrogens (tertiary/aromatic N) is 2. The zero-order chi connectivity index (χ0) is 11.9. The van der Waals surface area contributed by atoms with Gasteiger partial charge in [-0.1, -0.05) is 13.0 Å². The van der Waals surface area contributed by atoms with Gasteiger partial charge in [-0.3, -0.25) is 0 Å². The molecule has 17 heavy (non-hydrogen) atoms. The zero-order valence-electron chi connectivity index (χ0n) is 10.3. The molecule has 0 amide bonds. The molecule has 0 atom stereocenters. The molecule has 90 valence electrons. The summed E-state index contributed by atoms with van der Waals surface area (Å²) in [5, 5.41) is 0. The second-order valence-electron chi connectivity index (χ2n) is 5.17. The summed E-state index contributed by atoms with van der Waals surface area (Å²) in [6, 6.07) is 6.42. The normalized spacial score (nSPS) is 17.5. The number of pyridine rings is 1. The van der Waals surface area contributed by atoms with Crippen LogP contribution in [0, 0.1) is 0 Å². The lowest BCUT2D eigenvalue weighted by molar-refractivity contribution is 0.599. The number of fused-ring (bicyclic) bond motifs is 1. The van der Waals surface area contributed by atoms with Crippen LogP contribution in [-0.2, 0) is 12.8 Å². The van der Waals surface area contributed by atoms with Gasteiger partial charge in [-0.2, -0.15) is 0 Å². The van der Waals surface area contributed by atoms with E-state index in [1.54, 1.807) is 0 Å². The second kappa shape index (κ2) is 3.84. The molecule has 3 nitrogen and oxygen atoms in total. The van der Waals surface area contributed by atoms with Crippen LogP contribution in [0.5, 0.6) is 0 Å². The average Bonchev–Trinajstić information content (AvgIpc) is 2.93. The molecule has 1 fully saturated rings. The zero-order valence-corrected chi connectivity index (χ0v) is 10.3. The van der Waals surface area contributed by atoms with E-state index in [2.05, 4.69) is 34.5 Å². The smallest absolute Gasteiger partial charge is 0.113 e. The minimum Gasteiger partial charge on any atom is -0.325 e. The molecule has 0 saturated heterocycles. The van der Waals surface area contributed by atoms with E-state index in [0.29, 0.717) is 0 Å². The van der Waals surface area contributed by atoms with Gasteiger partial charge in [0.25, 0.3) is 0 Å². The summed E-state index contributed by atoms with van der Waals surface area (Å²) >= 11 is 0. The first-order chi connectivity index (χ1) is 8.22. The van der Waals surface area contributed by atoms with Gasteiger partial charge in [0.1, 0.15) is 5.82 Å². The lowest BCUT2D eigenvalue weighted by Crippen LogP contribution is -2.22. The van der Waals surface area contributed by atoms with Crippen molar-refractivity contribution in [3.05, 3.63) is 35.9 Å². The first kappa shape index (κ1) is 10.8. The maximum atomic E-state index is 6.16. The van der Waals surface area contributed by atoms with Crippen molar-refractivity contribution in [1.29, 1.82) is 0 Å². The van der Waals surface area contributed by atoms with Crippen LogP contribution >= 0.6 is 0 Å². The van der Waals surface area contributed by atoms with Crippen molar-refractivity contribution in [2.45, 2.75) is 44.6 Å². The highest BCUT2D eigenvalue weighted by Crippen LogP contribution is 2.36. The average molecular weight is 229 g/mol. The van der Waals surface area contributed by atoms with Crippen molar-refractivity contribution in [3.63, 3.8) is 0 Å². The monoisotopic (exact) mass is 229 g/mol. The van der Waals surface area contributed by atoms with Crippen molar-refractivity contribution in [2.75, 3.05) is 0 Å². The van der Waals surface area contributed by atoms with Gasteiger partial charge in [0.05, 0.1) is 11.7 Å². The van der Waals surface area contributed by atoms with Crippen LogP contribution < -0.4 is 5.73 Å². The Labute approximate surface area is 102 Å². The van der Waals surface area contributed by atoms with E-state index in [1.807, 2.05) is 6.20 Å². The van der Waals surface area contributed by atoms with Crippen molar-refractivity contribution < 1.29 is 0 Å².